The minimum absolute atomic E-state index is 0.121. The lowest BCUT2D eigenvalue weighted by Gasteiger charge is -2.35. The quantitative estimate of drug-likeness (QED) is 0.947. The molecule has 1 aromatic carbocycles. The number of hydrogen-bond acceptors (Lipinski definition) is 3. The van der Waals surface area contributed by atoms with Crippen molar-refractivity contribution in [2.75, 3.05) is 0 Å². The maximum Gasteiger partial charge on any atom is 0.326 e. The number of hydrogen-bond donors (Lipinski definition) is 1. The van der Waals surface area contributed by atoms with Gasteiger partial charge in [0.05, 0.1) is 5.92 Å². The number of aliphatic carboxylic acids is 1. The van der Waals surface area contributed by atoms with Gasteiger partial charge >= 0.3 is 5.97 Å². The number of thiophene rings is 1. The second-order valence-electron chi connectivity index (χ2n) is 5.53. The Kier molecular flexibility index (Phi) is 3.98. The van der Waals surface area contributed by atoms with E-state index in [1.165, 1.54) is 16.2 Å². The highest BCUT2D eigenvalue weighted by molar-refractivity contribution is 7.10. The van der Waals surface area contributed by atoms with Crippen LogP contribution in [0.2, 0.25) is 0 Å². The van der Waals surface area contributed by atoms with Crippen molar-refractivity contribution in [1.29, 1.82) is 0 Å². The highest BCUT2D eigenvalue weighted by Crippen LogP contribution is 2.29. The first-order valence-corrected chi connectivity index (χ1v) is 8.09. The van der Waals surface area contributed by atoms with Crippen LogP contribution in [0.1, 0.15) is 28.8 Å². The van der Waals surface area contributed by atoms with Crippen LogP contribution in [0.3, 0.4) is 0 Å². The number of carboxylic acid groups (broad SMARTS) is 1. The molecule has 22 heavy (non-hydrogen) atoms. The Labute approximate surface area is 133 Å². The molecule has 0 saturated carbocycles. The molecular weight excluding hydrogens is 298 g/mol. The van der Waals surface area contributed by atoms with Gasteiger partial charge < -0.3 is 10.0 Å². The summed E-state index contributed by atoms with van der Waals surface area (Å²) < 4.78 is 0. The van der Waals surface area contributed by atoms with Crippen LogP contribution in [0, 0.1) is 0 Å². The van der Waals surface area contributed by atoms with Gasteiger partial charge in [-0.1, -0.05) is 30.3 Å². The number of fused-ring (bicyclic) bond motifs is 1. The van der Waals surface area contributed by atoms with Crippen molar-refractivity contribution < 1.29 is 14.7 Å². The topological polar surface area (TPSA) is 57.6 Å². The summed E-state index contributed by atoms with van der Waals surface area (Å²) >= 11 is 1.52. The van der Waals surface area contributed by atoms with Gasteiger partial charge in [0.2, 0.25) is 5.91 Å². The molecule has 2 aromatic rings. The second-order valence-corrected chi connectivity index (χ2v) is 6.51. The molecule has 0 saturated heterocycles. The number of carbonyl (C=O) groups is 2. The molecule has 2 atom stereocenters. The molecular formula is C17H17NO3S. The molecule has 114 valence electrons. The maximum atomic E-state index is 12.8. The zero-order valence-electron chi connectivity index (χ0n) is 12.2. The van der Waals surface area contributed by atoms with Gasteiger partial charge in [0.15, 0.2) is 0 Å². The summed E-state index contributed by atoms with van der Waals surface area (Å²) in [6, 6.07) is 10.8. The third-order valence-corrected chi connectivity index (χ3v) is 5.21. The predicted octanol–water partition coefficient (Wildman–Crippen LogP) is 2.89. The molecule has 2 heterocycles. The highest BCUT2D eigenvalue weighted by Gasteiger charge is 2.36. The summed E-state index contributed by atoms with van der Waals surface area (Å²) in [6.45, 7) is 2.20. The zero-order chi connectivity index (χ0) is 15.7. The monoisotopic (exact) mass is 315 g/mol. The Morgan fingerprint density at radius 2 is 1.95 bits per heavy atom. The van der Waals surface area contributed by atoms with Crippen molar-refractivity contribution in [3.05, 3.63) is 57.8 Å². The fourth-order valence-electron chi connectivity index (χ4n) is 2.88. The van der Waals surface area contributed by atoms with E-state index >= 15 is 0 Å². The van der Waals surface area contributed by atoms with E-state index in [4.69, 9.17) is 0 Å². The van der Waals surface area contributed by atoms with Crippen molar-refractivity contribution >= 4 is 23.2 Å². The van der Waals surface area contributed by atoms with Crippen LogP contribution in [0.15, 0.2) is 41.8 Å². The van der Waals surface area contributed by atoms with E-state index in [1.807, 2.05) is 48.7 Å². The molecule has 4 nitrogen and oxygen atoms in total. The number of carbonyl (C=O) groups excluding carboxylic acids is 1. The van der Waals surface area contributed by atoms with E-state index in [0.717, 1.165) is 16.0 Å². The smallest absolute Gasteiger partial charge is 0.326 e. The fourth-order valence-corrected chi connectivity index (χ4v) is 3.66. The third-order valence-electron chi connectivity index (χ3n) is 4.16. The largest absolute Gasteiger partial charge is 0.480 e. The first kappa shape index (κ1) is 14.8. The van der Waals surface area contributed by atoms with Gasteiger partial charge in [0, 0.05) is 17.8 Å². The van der Waals surface area contributed by atoms with Crippen molar-refractivity contribution in [3.63, 3.8) is 0 Å². The van der Waals surface area contributed by atoms with Crippen LogP contribution < -0.4 is 0 Å². The summed E-state index contributed by atoms with van der Waals surface area (Å²) in [5.41, 5.74) is 2.05. The Morgan fingerprint density at radius 3 is 2.59 bits per heavy atom. The Balaban J connectivity index is 1.90. The zero-order valence-corrected chi connectivity index (χ0v) is 13.0. The van der Waals surface area contributed by atoms with Gasteiger partial charge in [0.1, 0.15) is 6.04 Å². The number of nitrogens with zero attached hydrogens (tertiary/aromatic N) is 1. The molecule has 0 aliphatic carbocycles. The van der Waals surface area contributed by atoms with Gasteiger partial charge in [0.25, 0.3) is 0 Å². The molecule has 1 aromatic heterocycles. The molecule has 0 radical (unpaired) electrons. The Morgan fingerprint density at radius 1 is 1.23 bits per heavy atom. The summed E-state index contributed by atoms with van der Waals surface area (Å²) in [5, 5.41) is 11.4. The van der Waals surface area contributed by atoms with Crippen molar-refractivity contribution in [3.8, 4) is 0 Å². The molecule has 5 heteroatoms. The van der Waals surface area contributed by atoms with E-state index < -0.39 is 12.0 Å². The van der Waals surface area contributed by atoms with Crippen LogP contribution in [-0.4, -0.2) is 27.9 Å². The fraction of sp³-hybridized carbons (Fsp3) is 0.294. The summed E-state index contributed by atoms with van der Waals surface area (Å²) in [7, 11) is 0. The molecule has 1 N–H and O–H groups in total. The van der Waals surface area contributed by atoms with E-state index in [9.17, 15) is 14.7 Å². The van der Waals surface area contributed by atoms with E-state index in [2.05, 4.69) is 0 Å². The van der Waals surface area contributed by atoms with Gasteiger partial charge in [-0.05, 0) is 29.5 Å². The summed E-state index contributed by atoms with van der Waals surface area (Å²) in [6.07, 6.45) is 0.369. The average molecular weight is 315 g/mol. The first-order valence-electron chi connectivity index (χ1n) is 7.21. The normalized spacial score (nSPS) is 18.6. The van der Waals surface area contributed by atoms with E-state index in [1.54, 1.807) is 0 Å². The highest BCUT2D eigenvalue weighted by atomic mass is 32.1. The number of carboxylic acids is 1. The average Bonchev–Trinajstić information content (AvgIpc) is 3.06. The minimum Gasteiger partial charge on any atom is -0.480 e. The number of rotatable bonds is 3. The lowest BCUT2D eigenvalue weighted by atomic mass is 9.92. The van der Waals surface area contributed by atoms with Crippen LogP contribution >= 0.6 is 11.3 Å². The van der Waals surface area contributed by atoms with E-state index in [0.29, 0.717) is 13.0 Å². The standard InChI is InChI=1S/C17H17NO3S/c1-11(15-7-4-8-22-15)16(19)18-10-13-6-3-2-5-12(13)9-14(18)17(20)21/h2-8,11,14H,9-10H2,1H3,(H,20,21)/t11-,14+/m1/s1. The summed E-state index contributed by atoms with van der Waals surface area (Å²) in [4.78, 5) is 26.9. The van der Waals surface area contributed by atoms with Crippen molar-refractivity contribution in [2.24, 2.45) is 0 Å². The molecule has 0 fully saturated rings. The Bertz CT molecular complexity index is 696. The molecule has 1 aliphatic rings. The van der Waals surface area contributed by atoms with Crippen LogP contribution in [0.5, 0.6) is 0 Å². The van der Waals surface area contributed by atoms with Gasteiger partial charge in [-0.2, -0.15) is 0 Å². The molecule has 1 amide bonds. The number of amides is 1. The maximum absolute atomic E-state index is 12.8. The van der Waals surface area contributed by atoms with Crippen molar-refractivity contribution in [2.45, 2.75) is 31.8 Å². The SMILES string of the molecule is C[C@@H](C(=O)N1Cc2ccccc2C[C@H]1C(=O)O)c1cccs1. The Hall–Kier alpha value is -2.14. The van der Waals surface area contributed by atoms with Gasteiger partial charge in [-0.15, -0.1) is 11.3 Å². The minimum atomic E-state index is -0.943. The second kappa shape index (κ2) is 5.93. The van der Waals surface area contributed by atoms with Gasteiger partial charge in [-0.3, -0.25) is 4.79 Å². The van der Waals surface area contributed by atoms with Crippen molar-refractivity contribution in [1.82, 2.24) is 4.90 Å². The predicted molar refractivity (Wildman–Crippen MR) is 84.9 cm³/mol. The van der Waals surface area contributed by atoms with Crippen LogP contribution in [-0.2, 0) is 22.6 Å². The number of benzene rings is 1. The van der Waals surface area contributed by atoms with Gasteiger partial charge in [-0.25, -0.2) is 4.79 Å². The summed E-state index contributed by atoms with van der Waals surface area (Å²) in [5.74, 6) is -1.38. The molecule has 3 rings (SSSR count). The molecule has 0 unspecified atom stereocenters. The lowest BCUT2D eigenvalue weighted by Crippen LogP contribution is -2.49. The third kappa shape index (κ3) is 2.64. The van der Waals surface area contributed by atoms with Crippen LogP contribution in [0.25, 0.3) is 0 Å². The van der Waals surface area contributed by atoms with E-state index in [-0.39, 0.29) is 11.8 Å². The molecule has 1 aliphatic heterocycles. The van der Waals surface area contributed by atoms with Crippen LogP contribution in [0.4, 0.5) is 0 Å². The molecule has 0 spiro atoms. The first-order chi connectivity index (χ1) is 10.6. The molecule has 0 bridgehead atoms. The lowest BCUT2D eigenvalue weighted by molar-refractivity contribution is -0.151.